The fourth-order valence-electron chi connectivity index (χ4n) is 2.21. The Morgan fingerprint density at radius 3 is 2.38 bits per heavy atom. The SMILES string of the molecule is CC(=O)c1cccc(NC(=O)CCCS(=O)(=O)c2ccccc2)c1. The van der Waals surface area contributed by atoms with E-state index in [4.69, 9.17) is 0 Å². The highest BCUT2D eigenvalue weighted by Gasteiger charge is 2.14. The van der Waals surface area contributed by atoms with Crippen molar-refractivity contribution in [1.82, 2.24) is 0 Å². The van der Waals surface area contributed by atoms with Gasteiger partial charge in [-0.25, -0.2) is 8.42 Å². The number of amides is 1. The minimum Gasteiger partial charge on any atom is -0.326 e. The van der Waals surface area contributed by atoms with Gasteiger partial charge in [-0.1, -0.05) is 30.3 Å². The molecule has 0 unspecified atom stereocenters. The Morgan fingerprint density at radius 1 is 1.00 bits per heavy atom. The van der Waals surface area contributed by atoms with Crippen LogP contribution in [0.1, 0.15) is 30.1 Å². The van der Waals surface area contributed by atoms with Crippen LogP contribution in [0.25, 0.3) is 0 Å². The summed E-state index contributed by atoms with van der Waals surface area (Å²) in [5.41, 5.74) is 1.04. The van der Waals surface area contributed by atoms with Gasteiger partial charge in [-0.15, -0.1) is 0 Å². The molecule has 0 heterocycles. The van der Waals surface area contributed by atoms with Crippen molar-refractivity contribution < 1.29 is 18.0 Å². The van der Waals surface area contributed by atoms with Gasteiger partial charge in [0.2, 0.25) is 5.91 Å². The lowest BCUT2D eigenvalue weighted by Gasteiger charge is -2.07. The molecule has 2 aromatic rings. The van der Waals surface area contributed by atoms with E-state index < -0.39 is 9.84 Å². The van der Waals surface area contributed by atoms with Gasteiger partial charge in [-0.2, -0.15) is 0 Å². The number of rotatable bonds is 7. The van der Waals surface area contributed by atoms with Gasteiger partial charge in [0.1, 0.15) is 0 Å². The molecule has 24 heavy (non-hydrogen) atoms. The van der Waals surface area contributed by atoms with E-state index in [2.05, 4.69) is 5.32 Å². The molecular formula is C18H19NO4S. The smallest absolute Gasteiger partial charge is 0.224 e. The van der Waals surface area contributed by atoms with Crippen molar-refractivity contribution in [2.24, 2.45) is 0 Å². The third-order valence-corrected chi connectivity index (χ3v) is 5.29. The van der Waals surface area contributed by atoms with E-state index in [-0.39, 0.29) is 35.2 Å². The van der Waals surface area contributed by atoms with E-state index in [1.165, 1.54) is 6.92 Å². The van der Waals surface area contributed by atoms with Crippen LogP contribution >= 0.6 is 0 Å². The van der Waals surface area contributed by atoms with Crippen LogP contribution < -0.4 is 5.32 Å². The lowest BCUT2D eigenvalue weighted by Crippen LogP contribution is -2.14. The number of hydrogen-bond acceptors (Lipinski definition) is 4. The summed E-state index contributed by atoms with van der Waals surface area (Å²) >= 11 is 0. The van der Waals surface area contributed by atoms with E-state index in [0.717, 1.165) is 0 Å². The third kappa shape index (κ3) is 5.03. The molecule has 1 amide bonds. The Balaban J connectivity index is 1.88. The van der Waals surface area contributed by atoms with E-state index in [1.54, 1.807) is 54.6 Å². The van der Waals surface area contributed by atoms with Crippen molar-refractivity contribution in [2.75, 3.05) is 11.1 Å². The fourth-order valence-corrected chi connectivity index (χ4v) is 3.54. The maximum atomic E-state index is 12.1. The quantitative estimate of drug-likeness (QED) is 0.782. The van der Waals surface area contributed by atoms with Crippen LogP contribution in [0.2, 0.25) is 0 Å². The molecule has 0 saturated heterocycles. The van der Waals surface area contributed by atoms with Crippen molar-refractivity contribution >= 4 is 27.2 Å². The zero-order valence-corrected chi connectivity index (χ0v) is 14.2. The summed E-state index contributed by atoms with van der Waals surface area (Å²) in [6.07, 6.45) is 0.325. The third-order valence-electron chi connectivity index (χ3n) is 3.47. The predicted molar refractivity (Wildman–Crippen MR) is 92.8 cm³/mol. The predicted octanol–water partition coefficient (Wildman–Crippen LogP) is 3.08. The highest BCUT2D eigenvalue weighted by Crippen LogP contribution is 2.14. The Labute approximate surface area is 141 Å². The van der Waals surface area contributed by atoms with Gasteiger partial charge < -0.3 is 5.32 Å². The number of benzene rings is 2. The standard InChI is InChI=1S/C18H19NO4S/c1-14(20)15-7-5-8-16(13-15)19-18(21)11-6-12-24(22,23)17-9-3-2-4-10-17/h2-5,7-10,13H,6,11-12H2,1H3,(H,19,21). The first-order valence-corrected chi connectivity index (χ1v) is 9.22. The molecule has 126 valence electrons. The summed E-state index contributed by atoms with van der Waals surface area (Å²) in [5.74, 6) is -0.447. The molecule has 1 N–H and O–H groups in total. The lowest BCUT2D eigenvalue weighted by molar-refractivity contribution is -0.116. The first-order chi connectivity index (χ1) is 11.4. The Morgan fingerprint density at radius 2 is 1.71 bits per heavy atom. The number of hydrogen-bond donors (Lipinski definition) is 1. The molecule has 0 saturated carbocycles. The van der Waals surface area contributed by atoms with Gasteiger partial charge in [0.05, 0.1) is 10.6 Å². The normalized spacial score (nSPS) is 11.0. The maximum absolute atomic E-state index is 12.1. The Bertz CT molecular complexity index is 829. The first kappa shape index (κ1) is 17.9. The van der Waals surface area contributed by atoms with Crippen molar-refractivity contribution in [2.45, 2.75) is 24.7 Å². The van der Waals surface area contributed by atoms with E-state index in [1.807, 2.05) is 0 Å². The van der Waals surface area contributed by atoms with Crippen molar-refractivity contribution in [3.05, 3.63) is 60.2 Å². The van der Waals surface area contributed by atoms with Crippen LogP contribution in [0.3, 0.4) is 0 Å². The molecule has 2 rings (SSSR count). The molecule has 0 aromatic heterocycles. The second kappa shape index (κ2) is 7.88. The molecule has 0 spiro atoms. The number of carbonyl (C=O) groups is 2. The zero-order chi connectivity index (χ0) is 17.6. The number of anilines is 1. The number of nitrogens with one attached hydrogen (secondary N) is 1. The molecule has 0 aliphatic heterocycles. The molecule has 0 aliphatic rings. The van der Waals surface area contributed by atoms with Crippen LogP contribution in [0, 0.1) is 0 Å². The highest BCUT2D eigenvalue weighted by molar-refractivity contribution is 7.91. The number of ketones is 1. The summed E-state index contributed by atoms with van der Waals surface area (Å²) in [4.78, 5) is 23.5. The fraction of sp³-hybridized carbons (Fsp3) is 0.222. The van der Waals surface area contributed by atoms with Gasteiger partial charge in [0, 0.05) is 17.7 Å². The molecule has 5 nitrogen and oxygen atoms in total. The second-order valence-corrected chi connectivity index (χ2v) is 7.53. The van der Waals surface area contributed by atoms with Crippen molar-refractivity contribution in [3.8, 4) is 0 Å². The summed E-state index contributed by atoms with van der Waals surface area (Å²) in [6.45, 7) is 1.45. The molecule has 0 fully saturated rings. The summed E-state index contributed by atoms with van der Waals surface area (Å²) < 4.78 is 24.2. The molecule has 0 radical (unpaired) electrons. The van der Waals surface area contributed by atoms with Crippen LogP contribution in [-0.2, 0) is 14.6 Å². The van der Waals surface area contributed by atoms with Crippen LogP contribution in [0.4, 0.5) is 5.69 Å². The minimum atomic E-state index is -3.37. The average molecular weight is 345 g/mol. The van der Waals surface area contributed by atoms with Gasteiger partial charge in [0.25, 0.3) is 0 Å². The second-order valence-electron chi connectivity index (χ2n) is 5.42. The van der Waals surface area contributed by atoms with Crippen LogP contribution in [0.5, 0.6) is 0 Å². The highest BCUT2D eigenvalue weighted by atomic mass is 32.2. The van der Waals surface area contributed by atoms with Crippen molar-refractivity contribution in [1.29, 1.82) is 0 Å². The van der Waals surface area contributed by atoms with Crippen molar-refractivity contribution in [3.63, 3.8) is 0 Å². The molecule has 2 aromatic carbocycles. The molecule has 6 heteroatoms. The summed E-state index contributed by atoms with van der Waals surface area (Å²) in [6, 6.07) is 14.8. The lowest BCUT2D eigenvalue weighted by atomic mass is 10.1. The first-order valence-electron chi connectivity index (χ1n) is 7.57. The van der Waals surface area contributed by atoms with Gasteiger partial charge >= 0.3 is 0 Å². The number of carbonyl (C=O) groups excluding carboxylic acids is 2. The monoisotopic (exact) mass is 345 g/mol. The van der Waals surface area contributed by atoms with Gasteiger partial charge in [-0.05, 0) is 37.6 Å². The van der Waals surface area contributed by atoms with E-state index in [9.17, 15) is 18.0 Å². The molecular weight excluding hydrogens is 326 g/mol. The average Bonchev–Trinajstić information content (AvgIpc) is 2.55. The molecule has 0 aliphatic carbocycles. The van der Waals surface area contributed by atoms with Crippen LogP contribution in [0.15, 0.2) is 59.5 Å². The zero-order valence-electron chi connectivity index (χ0n) is 13.4. The van der Waals surface area contributed by atoms with E-state index >= 15 is 0 Å². The topological polar surface area (TPSA) is 80.3 Å². The number of Topliss-reactive ketones (excluding diaryl/α,β-unsaturated/α-hetero) is 1. The largest absolute Gasteiger partial charge is 0.326 e. The Kier molecular flexibility index (Phi) is 5.87. The van der Waals surface area contributed by atoms with Crippen LogP contribution in [-0.4, -0.2) is 25.9 Å². The van der Waals surface area contributed by atoms with Gasteiger partial charge in [-0.3, -0.25) is 9.59 Å². The maximum Gasteiger partial charge on any atom is 0.224 e. The molecule has 0 bridgehead atoms. The van der Waals surface area contributed by atoms with Gasteiger partial charge in [0.15, 0.2) is 15.6 Å². The minimum absolute atomic E-state index is 0.0833. The number of sulfone groups is 1. The van der Waals surface area contributed by atoms with E-state index in [0.29, 0.717) is 11.3 Å². The molecule has 0 atom stereocenters. The Hall–Kier alpha value is -2.47. The summed E-state index contributed by atoms with van der Waals surface area (Å²) in [7, 11) is -3.37. The summed E-state index contributed by atoms with van der Waals surface area (Å²) in [5, 5.41) is 2.68.